The van der Waals surface area contributed by atoms with Gasteiger partial charge in [0.05, 0.1) is 0 Å². The Labute approximate surface area is 193 Å². The van der Waals surface area contributed by atoms with E-state index in [1.807, 2.05) is 0 Å². The fraction of sp³-hybridized carbons (Fsp3) is 1.00. The van der Waals surface area contributed by atoms with Crippen molar-refractivity contribution in [2.24, 2.45) is 0 Å². The van der Waals surface area contributed by atoms with Gasteiger partial charge in [-0.1, -0.05) is 0 Å². The maximum atomic E-state index is 8.29. The van der Waals surface area contributed by atoms with E-state index in [2.05, 4.69) is 0 Å². The second-order valence-electron chi connectivity index (χ2n) is 4.25. The van der Waals surface area contributed by atoms with Gasteiger partial charge in [0.15, 0.2) is 0 Å². The van der Waals surface area contributed by atoms with Crippen molar-refractivity contribution in [3.63, 3.8) is 0 Å². The predicted molar refractivity (Wildman–Crippen MR) is 97.5 cm³/mol. The second-order valence-corrected chi connectivity index (χ2v) is 4.25. The van der Waals surface area contributed by atoms with E-state index in [4.69, 9.17) is 66.3 Å². The Morgan fingerprint density at radius 3 is 0.407 bits per heavy atom. The van der Waals surface area contributed by atoms with Crippen LogP contribution in [0.5, 0.6) is 0 Å². The zero-order valence-corrected chi connectivity index (χ0v) is 17.5. The average molecular weight is 543 g/mol. The number of aliphatic hydroxyl groups is 4. The van der Waals surface area contributed by atoms with Crippen molar-refractivity contribution in [1.29, 1.82) is 0 Å². The van der Waals surface area contributed by atoms with Crippen molar-refractivity contribution in [3.05, 3.63) is 45.9 Å². The number of aliphatic hydroxyl groups excluding tert-OH is 4. The molecule has 0 aromatic carbocycles. The molecule has 0 heterocycles. The van der Waals surface area contributed by atoms with Crippen LogP contribution < -0.4 is 0 Å². The largest absolute Gasteiger partial charge is 2.00 e. The molecule has 0 aromatic heterocycles. The molecule has 12 nitrogen and oxygen atoms in total. The first-order valence-electron chi connectivity index (χ1n) is 7.13. The minimum Gasteiger partial charge on any atom is -0.675 e. The van der Waals surface area contributed by atoms with Crippen molar-refractivity contribution in [2.45, 2.75) is 24.4 Å². The summed E-state index contributed by atoms with van der Waals surface area (Å²) >= 11 is 0. The van der Waals surface area contributed by atoms with Crippen molar-refractivity contribution in [3.8, 4) is 0 Å². The van der Waals surface area contributed by atoms with Gasteiger partial charge in [-0.3, -0.25) is 0 Å². The van der Waals surface area contributed by atoms with E-state index in [-0.39, 0.29) is 104 Å². The first kappa shape index (κ1) is 46.3. The Morgan fingerprint density at radius 2 is 0.407 bits per heavy atom. The van der Waals surface area contributed by atoms with Crippen LogP contribution in [0.2, 0.25) is 0 Å². The molecule has 0 saturated heterocycles. The van der Waals surface area contributed by atoms with Crippen LogP contribution in [0.4, 0.5) is 0 Å². The molecule has 0 fully saturated rings. The Kier molecular flexibility index (Phi) is 71.1. The summed E-state index contributed by atoms with van der Waals surface area (Å²) in [6.07, 6.45) is -2.93. The van der Waals surface area contributed by atoms with E-state index in [1.54, 1.807) is 0 Å². The summed E-state index contributed by atoms with van der Waals surface area (Å²) < 4.78 is 0. The Balaban J connectivity index is -0.0000000381. The minimum atomic E-state index is -0.731. The maximum absolute atomic E-state index is 8.29. The summed E-state index contributed by atoms with van der Waals surface area (Å²) in [7, 11) is 0. The molecule has 0 aromatic rings. The third kappa shape index (κ3) is 58.4. The zero-order valence-electron chi connectivity index (χ0n) is 14.7. The Bertz CT molecular complexity index is 165. The standard InChI is InChI=1S/4C3H8N2O.3Cu/c4*4-1-3(6)2-5;;;/h4*3-6H,1-2H2;;;/q4*-2;3*+2. The fourth-order valence-corrected chi connectivity index (χ4v) is 0.289. The van der Waals surface area contributed by atoms with Gasteiger partial charge in [0.25, 0.3) is 0 Å². The first-order valence-corrected chi connectivity index (χ1v) is 7.13. The van der Waals surface area contributed by atoms with Crippen LogP contribution >= 0.6 is 0 Å². The van der Waals surface area contributed by atoms with E-state index in [0.29, 0.717) is 0 Å². The zero-order chi connectivity index (χ0) is 20.0. The molecule has 179 valence electrons. The Morgan fingerprint density at radius 1 is 0.333 bits per heavy atom. The molecular formula is C12H32Cu3N8O4-2. The monoisotopic (exact) mass is 541 g/mol. The van der Waals surface area contributed by atoms with Gasteiger partial charge in [0, 0.05) is 24.4 Å². The third-order valence-electron chi connectivity index (χ3n) is 1.88. The fourth-order valence-electron chi connectivity index (χ4n) is 0.289. The maximum Gasteiger partial charge on any atom is 2.00 e. The third-order valence-corrected chi connectivity index (χ3v) is 1.88. The molecule has 0 aliphatic carbocycles. The molecule has 12 N–H and O–H groups in total. The van der Waals surface area contributed by atoms with Gasteiger partial charge in [0.1, 0.15) is 0 Å². The average Bonchev–Trinajstić information content (AvgIpc) is 2.66. The van der Waals surface area contributed by atoms with Gasteiger partial charge in [-0.2, -0.15) is 0 Å². The van der Waals surface area contributed by atoms with Gasteiger partial charge >= 0.3 is 51.2 Å². The van der Waals surface area contributed by atoms with E-state index < -0.39 is 24.4 Å². The second kappa shape index (κ2) is 41.4. The summed E-state index contributed by atoms with van der Waals surface area (Å²) in [5.74, 6) is 0. The first-order chi connectivity index (χ1) is 11.2. The summed E-state index contributed by atoms with van der Waals surface area (Å²) in [6, 6.07) is 0. The van der Waals surface area contributed by atoms with Gasteiger partial charge in [-0.15, -0.1) is 52.4 Å². The van der Waals surface area contributed by atoms with Gasteiger partial charge < -0.3 is 66.3 Å². The number of nitrogens with one attached hydrogen (secondary N) is 8. The molecule has 0 aliphatic heterocycles. The van der Waals surface area contributed by atoms with Crippen molar-refractivity contribution in [2.75, 3.05) is 52.4 Å². The minimum absolute atomic E-state index is 0. The van der Waals surface area contributed by atoms with Crippen molar-refractivity contribution < 1.29 is 71.6 Å². The number of hydrogen-bond donors (Lipinski definition) is 4. The van der Waals surface area contributed by atoms with Gasteiger partial charge in [0.2, 0.25) is 0 Å². The van der Waals surface area contributed by atoms with E-state index in [1.165, 1.54) is 0 Å². The quantitative estimate of drug-likeness (QED) is 0.333. The van der Waals surface area contributed by atoms with E-state index in [0.717, 1.165) is 0 Å². The van der Waals surface area contributed by atoms with E-state index >= 15 is 0 Å². The normalized spacial score (nSPS) is 8.89. The summed E-state index contributed by atoms with van der Waals surface area (Å²) in [4.78, 5) is 0. The topological polar surface area (TPSA) is 271 Å². The SMILES string of the molecule is [Cu+2].[Cu+2].[Cu+2].[NH-]CC(O)C[NH-].[NH-]CC(O)C[NH-].[NH-]CC(O)C[NH-].[NH-]CC(O)C[NH-]. The molecule has 0 saturated carbocycles. The van der Waals surface area contributed by atoms with Gasteiger partial charge in [-0.25, -0.2) is 0 Å². The summed E-state index contributed by atoms with van der Waals surface area (Å²) in [5, 5.41) is 33.2. The van der Waals surface area contributed by atoms with Gasteiger partial charge in [-0.05, 0) is 0 Å². The molecule has 0 rings (SSSR count). The molecule has 15 heteroatoms. The molecule has 27 heavy (non-hydrogen) atoms. The molecule has 0 bridgehead atoms. The molecule has 0 spiro atoms. The molecular weight excluding hydrogens is 511 g/mol. The van der Waals surface area contributed by atoms with Crippen LogP contribution in [0.15, 0.2) is 0 Å². The Hall–Kier alpha value is 1.08. The number of rotatable bonds is 8. The molecule has 0 atom stereocenters. The van der Waals surface area contributed by atoms with Crippen molar-refractivity contribution >= 4 is 0 Å². The van der Waals surface area contributed by atoms with Crippen LogP contribution in [-0.2, 0) is 51.2 Å². The summed E-state index contributed by atoms with van der Waals surface area (Å²) in [5.41, 5.74) is 51.5. The smallest absolute Gasteiger partial charge is 0.675 e. The molecule has 3 radical (unpaired) electrons. The molecule has 0 amide bonds. The van der Waals surface area contributed by atoms with Crippen LogP contribution in [0.25, 0.3) is 45.9 Å². The predicted octanol–water partition coefficient (Wildman–Crippen LogP) is 1.80. The van der Waals surface area contributed by atoms with Crippen LogP contribution in [0.1, 0.15) is 0 Å². The molecule has 0 aliphatic rings. The van der Waals surface area contributed by atoms with Crippen molar-refractivity contribution in [1.82, 2.24) is 0 Å². The van der Waals surface area contributed by atoms with Crippen LogP contribution in [0.3, 0.4) is 0 Å². The van der Waals surface area contributed by atoms with Crippen LogP contribution in [0, 0.1) is 0 Å². The summed E-state index contributed by atoms with van der Waals surface area (Å²) in [6.45, 7) is -0.417. The van der Waals surface area contributed by atoms with E-state index in [9.17, 15) is 0 Å². The number of hydrogen-bond acceptors (Lipinski definition) is 4. The van der Waals surface area contributed by atoms with Crippen LogP contribution in [-0.4, -0.2) is 97.2 Å². The molecule has 0 unspecified atom stereocenters.